The van der Waals surface area contributed by atoms with Gasteiger partial charge in [0.25, 0.3) is 0 Å². The largest absolute Gasteiger partial charge is 0.436 e. The Labute approximate surface area is 205 Å². The molecule has 8 atom stereocenters. The van der Waals surface area contributed by atoms with E-state index in [9.17, 15) is 15.0 Å². The van der Waals surface area contributed by atoms with E-state index in [1.165, 1.54) is 43.4 Å². The van der Waals surface area contributed by atoms with Crippen molar-refractivity contribution in [3.63, 3.8) is 0 Å². The number of amides is 1. The fourth-order valence-electron chi connectivity index (χ4n) is 8.82. The van der Waals surface area contributed by atoms with E-state index in [2.05, 4.69) is 24.3 Å². The molecule has 0 aromatic heterocycles. The zero-order valence-electron chi connectivity index (χ0n) is 21.8. The van der Waals surface area contributed by atoms with Gasteiger partial charge in [-0.2, -0.15) is 0 Å². The average Bonchev–Trinajstić information content (AvgIpc) is 3.17. The number of oxime groups is 1. The van der Waals surface area contributed by atoms with Gasteiger partial charge < -0.3 is 20.4 Å². The topological polar surface area (TPSA) is 94.4 Å². The fraction of sp³-hybridized carbons (Fsp3) is 0.926. The van der Waals surface area contributed by atoms with Gasteiger partial charge in [-0.05, 0) is 106 Å². The second-order valence-electron chi connectivity index (χ2n) is 12.2. The van der Waals surface area contributed by atoms with Crippen molar-refractivity contribution in [2.45, 2.75) is 84.7 Å². The third-order valence-corrected chi connectivity index (χ3v) is 10.7. The van der Waals surface area contributed by atoms with Gasteiger partial charge in [0, 0.05) is 25.6 Å². The van der Waals surface area contributed by atoms with E-state index in [4.69, 9.17) is 4.84 Å². The lowest BCUT2D eigenvalue weighted by Crippen LogP contribution is -2.54. The van der Waals surface area contributed by atoms with Crippen molar-refractivity contribution in [2.75, 3.05) is 33.3 Å². The van der Waals surface area contributed by atoms with Crippen LogP contribution in [0.5, 0.6) is 0 Å². The summed E-state index contributed by atoms with van der Waals surface area (Å²) in [7, 11) is 1.83. The first-order chi connectivity index (χ1) is 16.2. The molecule has 0 heterocycles. The van der Waals surface area contributed by atoms with Gasteiger partial charge in [-0.3, -0.25) is 4.84 Å². The standard InChI is InChI=1S/C27H47N3O4/c1-18(29-34-25(33)30(15-16-31)14-13-28-4)22-7-8-23-21-6-5-19-17-20(32)9-11-26(19,2)24(21)10-12-27(22,23)3/h19-24,28,31-32H,5-17H2,1-4H3/b29-18+/t19-,20+,21+,22-,23+,24+,26+,27-/m1/s1. The quantitative estimate of drug-likeness (QED) is 0.292. The zero-order chi connectivity index (χ0) is 24.5. The minimum Gasteiger partial charge on any atom is -0.395 e. The highest BCUT2D eigenvalue weighted by Crippen LogP contribution is 2.67. The Bertz CT molecular complexity index is 760. The van der Waals surface area contributed by atoms with Crippen molar-refractivity contribution in [1.82, 2.24) is 10.2 Å². The summed E-state index contributed by atoms with van der Waals surface area (Å²) in [6.07, 6.45) is 10.0. The van der Waals surface area contributed by atoms with Crippen molar-refractivity contribution >= 4 is 11.8 Å². The molecule has 1 amide bonds. The van der Waals surface area contributed by atoms with Crippen molar-refractivity contribution in [3.8, 4) is 0 Å². The maximum Gasteiger partial charge on any atom is 0.436 e. The van der Waals surface area contributed by atoms with Gasteiger partial charge >= 0.3 is 6.09 Å². The summed E-state index contributed by atoms with van der Waals surface area (Å²) in [5.74, 6) is 3.31. The molecule has 194 valence electrons. The summed E-state index contributed by atoms with van der Waals surface area (Å²) in [6.45, 7) is 8.31. The van der Waals surface area contributed by atoms with Gasteiger partial charge in [0.2, 0.25) is 0 Å². The van der Waals surface area contributed by atoms with E-state index in [0.717, 1.165) is 36.8 Å². The number of hydrogen-bond donors (Lipinski definition) is 3. The van der Waals surface area contributed by atoms with Gasteiger partial charge in [-0.1, -0.05) is 19.0 Å². The molecule has 4 saturated carbocycles. The molecule has 7 heteroatoms. The first-order valence-electron chi connectivity index (χ1n) is 13.7. The van der Waals surface area contributed by atoms with Crippen LogP contribution >= 0.6 is 0 Å². The second kappa shape index (κ2) is 10.4. The molecule has 3 N–H and O–H groups in total. The van der Waals surface area contributed by atoms with E-state index in [0.29, 0.717) is 36.3 Å². The summed E-state index contributed by atoms with van der Waals surface area (Å²) in [4.78, 5) is 19.4. The molecule has 0 unspecified atom stereocenters. The van der Waals surface area contributed by atoms with Crippen molar-refractivity contribution in [3.05, 3.63) is 0 Å². The monoisotopic (exact) mass is 477 g/mol. The Balaban J connectivity index is 1.43. The Morgan fingerprint density at radius 1 is 1.06 bits per heavy atom. The molecule has 4 fully saturated rings. The number of nitrogens with zero attached hydrogens (tertiary/aromatic N) is 2. The number of hydrogen-bond acceptors (Lipinski definition) is 6. The normalized spacial score (nSPS) is 41.9. The number of nitrogens with one attached hydrogen (secondary N) is 1. The molecular weight excluding hydrogens is 430 g/mol. The molecule has 0 aromatic carbocycles. The van der Waals surface area contributed by atoms with Gasteiger partial charge in [0.15, 0.2) is 0 Å². The lowest BCUT2D eigenvalue weighted by molar-refractivity contribution is -0.123. The van der Waals surface area contributed by atoms with E-state index < -0.39 is 6.09 Å². The molecule has 34 heavy (non-hydrogen) atoms. The number of aliphatic hydroxyl groups excluding tert-OH is 2. The number of carbonyl (C=O) groups is 1. The number of rotatable bonds is 7. The molecule has 4 aliphatic carbocycles. The van der Waals surface area contributed by atoms with Crippen LogP contribution in [-0.4, -0.2) is 66.3 Å². The van der Waals surface area contributed by atoms with Crippen molar-refractivity contribution in [2.24, 2.45) is 45.6 Å². The van der Waals surface area contributed by atoms with Gasteiger partial charge in [-0.15, -0.1) is 0 Å². The van der Waals surface area contributed by atoms with Crippen LogP contribution in [0.15, 0.2) is 5.16 Å². The SMILES string of the molecule is CNCCN(CCO)C(=O)O/N=C(\C)[C@H]1CC[C@H]2[C@@H]3CC[C@@H]4C[C@@H](O)CC[C@]4(C)[C@H]3CC[C@]12C. The Morgan fingerprint density at radius 2 is 1.79 bits per heavy atom. The van der Waals surface area contributed by atoms with E-state index in [-0.39, 0.29) is 24.7 Å². The Morgan fingerprint density at radius 3 is 2.53 bits per heavy atom. The number of fused-ring (bicyclic) bond motifs is 5. The third-order valence-electron chi connectivity index (χ3n) is 10.7. The molecule has 0 aliphatic heterocycles. The average molecular weight is 478 g/mol. The Kier molecular flexibility index (Phi) is 7.95. The summed E-state index contributed by atoms with van der Waals surface area (Å²) in [5, 5.41) is 26.9. The minimum atomic E-state index is -0.488. The minimum absolute atomic E-state index is 0.0903. The molecule has 0 spiro atoms. The summed E-state index contributed by atoms with van der Waals surface area (Å²) < 4.78 is 0. The van der Waals surface area contributed by atoms with Crippen LogP contribution in [0.4, 0.5) is 4.79 Å². The second-order valence-corrected chi connectivity index (χ2v) is 12.2. The third kappa shape index (κ3) is 4.64. The van der Waals surface area contributed by atoms with Crippen LogP contribution in [0.25, 0.3) is 0 Å². The highest BCUT2D eigenvalue weighted by Gasteiger charge is 2.60. The summed E-state index contributed by atoms with van der Waals surface area (Å²) in [6, 6.07) is 0. The van der Waals surface area contributed by atoms with Crippen LogP contribution in [0.1, 0.15) is 78.6 Å². The highest BCUT2D eigenvalue weighted by molar-refractivity contribution is 5.85. The first-order valence-corrected chi connectivity index (χ1v) is 13.7. The molecule has 0 saturated heterocycles. The smallest absolute Gasteiger partial charge is 0.395 e. The number of carbonyl (C=O) groups excluding carboxylic acids is 1. The first kappa shape index (κ1) is 25.9. The lowest BCUT2D eigenvalue weighted by Gasteiger charge is -2.61. The van der Waals surface area contributed by atoms with E-state index in [1.807, 2.05) is 14.0 Å². The van der Waals surface area contributed by atoms with E-state index >= 15 is 0 Å². The molecule has 4 aliphatic rings. The van der Waals surface area contributed by atoms with Crippen LogP contribution in [0.2, 0.25) is 0 Å². The van der Waals surface area contributed by atoms with Crippen molar-refractivity contribution in [1.29, 1.82) is 0 Å². The number of aliphatic hydroxyl groups is 2. The number of likely N-dealkylation sites (N-methyl/N-ethyl adjacent to an activating group) is 1. The van der Waals surface area contributed by atoms with Gasteiger partial charge in [0.05, 0.1) is 18.4 Å². The van der Waals surface area contributed by atoms with Crippen LogP contribution in [0.3, 0.4) is 0 Å². The molecule has 4 rings (SSSR count). The van der Waals surface area contributed by atoms with Gasteiger partial charge in [0.1, 0.15) is 0 Å². The molecule has 0 bridgehead atoms. The summed E-state index contributed by atoms with van der Waals surface area (Å²) in [5.41, 5.74) is 1.55. The zero-order valence-corrected chi connectivity index (χ0v) is 21.8. The molecular formula is C27H47N3O4. The van der Waals surface area contributed by atoms with Crippen LogP contribution < -0.4 is 5.32 Å². The fourth-order valence-corrected chi connectivity index (χ4v) is 8.82. The maximum absolute atomic E-state index is 12.5. The van der Waals surface area contributed by atoms with E-state index in [1.54, 1.807) is 0 Å². The maximum atomic E-state index is 12.5. The van der Waals surface area contributed by atoms with Gasteiger partial charge in [-0.25, -0.2) is 4.79 Å². The lowest BCUT2D eigenvalue weighted by atomic mass is 9.44. The Hall–Kier alpha value is -1.18. The predicted octanol–water partition coefficient (Wildman–Crippen LogP) is 4.03. The summed E-state index contributed by atoms with van der Waals surface area (Å²) >= 11 is 0. The van der Waals surface area contributed by atoms with Crippen LogP contribution in [0, 0.1) is 40.4 Å². The predicted molar refractivity (Wildman–Crippen MR) is 133 cm³/mol. The molecule has 0 radical (unpaired) electrons. The molecule has 0 aromatic rings. The van der Waals surface area contributed by atoms with Crippen molar-refractivity contribution < 1.29 is 19.8 Å². The highest BCUT2D eigenvalue weighted by atomic mass is 16.7. The molecule has 7 nitrogen and oxygen atoms in total. The van der Waals surface area contributed by atoms with Crippen LogP contribution in [-0.2, 0) is 4.84 Å².